The fraction of sp³-hybridized carbons (Fsp3) is 0.667. The molecule has 1 aliphatic carbocycles. The first-order valence-electron chi connectivity index (χ1n) is 15.7. The van der Waals surface area contributed by atoms with Crippen LogP contribution in [0.5, 0.6) is 0 Å². The Morgan fingerprint density at radius 3 is 2.12 bits per heavy atom. The van der Waals surface area contributed by atoms with E-state index in [-0.39, 0.29) is 36.9 Å². The molecule has 0 unspecified atom stereocenters. The summed E-state index contributed by atoms with van der Waals surface area (Å²) in [6.45, 7) is 1.92. The highest BCUT2D eigenvalue weighted by Gasteiger charge is 2.32. The number of carbonyl (C=O) groups excluding carboxylic acids is 5. The minimum Gasteiger partial charge on any atom is -0.394 e. The third-order valence-electron chi connectivity index (χ3n) is 8.29. The second-order valence-electron chi connectivity index (χ2n) is 13.2. The monoisotopic (exact) mass is 601 g/mol. The molecule has 0 aromatic heterocycles. The molecule has 0 bridgehead atoms. The van der Waals surface area contributed by atoms with Crippen LogP contribution in [0.2, 0.25) is 0 Å². The van der Waals surface area contributed by atoms with E-state index in [1.165, 1.54) is 0 Å². The lowest BCUT2D eigenvalue weighted by molar-refractivity contribution is -0.870. The largest absolute Gasteiger partial charge is 0.394 e. The normalized spacial score (nSPS) is 16.9. The summed E-state index contributed by atoms with van der Waals surface area (Å²) in [5.41, 5.74) is 6.24. The number of aliphatic hydroxyl groups is 1. The number of hydrogen-bond acceptors (Lipinski definition) is 6. The highest BCUT2D eigenvalue weighted by Crippen LogP contribution is 2.24. The summed E-state index contributed by atoms with van der Waals surface area (Å²) >= 11 is 0. The summed E-state index contributed by atoms with van der Waals surface area (Å²) in [4.78, 5) is 64.8. The van der Waals surface area contributed by atoms with E-state index >= 15 is 0 Å². The quantitative estimate of drug-likeness (QED) is 0.141. The lowest BCUT2D eigenvalue weighted by atomic mass is 9.88. The fourth-order valence-electron chi connectivity index (χ4n) is 5.50. The Labute approximate surface area is 256 Å². The number of nitrogens with zero attached hydrogens (tertiary/aromatic N) is 1. The number of hydrogen-bond donors (Lipinski definition) is 4. The lowest BCUT2D eigenvalue weighted by Crippen LogP contribution is -2.49. The van der Waals surface area contributed by atoms with E-state index in [0.717, 1.165) is 55.1 Å². The number of benzene rings is 1. The van der Waals surface area contributed by atoms with Gasteiger partial charge in [-0.25, -0.2) is 0 Å². The van der Waals surface area contributed by atoms with Crippen LogP contribution in [-0.2, 0) is 30.4 Å². The summed E-state index contributed by atoms with van der Waals surface area (Å²) in [6.07, 6.45) is 6.44. The van der Waals surface area contributed by atoms with E-state index in [1.54, 1.807) is 6.92 Å². The van der Waals surface area contributed by atoms with Crippen molar-refractivity contribution in [3.63, 3.8) is 0 Å². The van der Waals surface area contributed by atoms with Gasteiger partial charge in [0.25, 0.3) is 0 Å². The highest BCUT2D eigenvalue weighted by molar-refractivity contribution is 5.95. The average molecular weight is 602 g/mol. The van der Waals surface area contributed by atoms with Gasteiger partial charge in [-0.2, -0.15) is 0 Å². The SMILES string of the molecule is C[C@H](CC(=O)[C@H](Cc1ccccc1)NC(=O)[C@H](CCCC[N+](C)(C)C)CC(=O)[C@H](CO)NC(=O)C1CCCCC1)C(N)=O. The van der Waals surface area contributed by atoms with Crippen LogP contribution in [0.15, 0.2) is 30.3 Å². The van der Waals surface area contributed by atoms with Gasteiger partial charge < -0.3 is 26.0 Å². The molecule has 3 amide bonds. The van der Waals surface area contributed by atoms with Crippen molar-refractivity contribution in [1.29, 1.82) is 0 Å². The molecule has 1 saturated carbocycles. The Bertz CT molecular complexity index is 1060. The van der Waals surface area contributed by atoms with E-state index in [1.807, 2.05) is 30.3 Å². The van der Waals surface area contributed by atoms with Crippen molar-refractivity contribution >= 4 is 29.3 Å². The average Bonchev–Trinajstić information content (AvgIpc) is 2.97. The number of quaternary nitrogens is 1. The van der Waals surface area contributed by atoms with Crippen molar-refractivity contribution in [2.45, 2.75) is 89.6 Å². The Morgan fingerprint density at radius 2 is 1.53 bits per heavy atom. The Balaban J connectivity index is 2.19. The van der Waals surface area contributed by atoms with Crippen molar-refractivity contribution in [2.75, 3.05) is 34.3 Å². The van der Waals surface area contributed by atoms with Crippen molar-refractivity contribution in [2.24, 2.45) is 23.5 Å². The molecule has 10 nitrogen and oxygen atoms in total. The number of nitrogens with two attached hydrogens (primary N) is 1. The van der Waals surface area contributed by atoms with Gasteiger partial charge in [0.05, 0.1) is 40.3 Å². The van der Waals surface area contributed by atoms with Gasteiger partial charge in [0.1, 0.15) is 6.04 Å². The number of aliphatic hydroxyl groups excluding tert-OH is 1. The van der Waals surface area contributed by atoms with Crippen molar-refractivity contribution in [3.8, 4) is 0 Å². The molecule has 0 saturated heterocycles. The Hall–Kier alpha value is -3.11. The highest BCUT2D eigenvalue weighted by atomic mass is 16.3. The Kier molecular flexibility index (Phi) is 15.0. The number of unbranched alkanes of at least 4 members (excludes halogenated alkanes) is 1. The van der Waals surface area contributed by atoms with Crippen LogP contribution in [0.1, 0.15) is 76.7 Å². The topological polar surface area (TPSA) is 156 Å². The van der Waals surface area contributed by atoms with Crippen molar-refractivity contribution < 1.29 is 33.6 Å². The fourth-order valence-corrected chi connectivity index (χ4v) is 5.50. The molecule has 2 rings (SSSR count). The van der Waals surface area contributed by atoms with Crippen molar-refractivity contribution in [3.05, 3.63) is 35.9 Å². The van der Waals surface area contributed by atoms with Gasteiger partial charge in [0.15, 0.2) is 11.6 Å². The molecular formula is C33H53N4O6+. The van der Waals surface area contributed by atoms with Gasteiger partial charge in [-0.15, -0.1) is 0 Å². The first kappa shape index (κ1) is 36.1. The summed E-state index contributed by atoms with van der Waals surface area (Å²) in [7, 11) is 6.25. The van der Waals surface area contributed by atoms with Crippen LogP contribution in [0.25, 0.3) is 0 Å². The number of carbonyl (C=O) groups is 5. The van der Waals surface area contributed by atoms with Gasteiger partial charge in [-0.1, -0.05) is 56.5 Å². The molecular weight excluding hydrogens is 548 g/mol. The number of Topliss-reactive ketones (excluding diaryl/α,β-unsaturated/α-hetero) is 2. The van der Waals surface area contributed by atoms with Crippen LogP contribution < -0.4 is 16.4 Å². The van der Waals surface area contributed by atoms with E-state index in [2.05, 4.69) is 31.8 Å². The third kappa shape index (κ3) is 13.4. The number of ketones is 2. The minimum absolute atomic E-state index is 0.111. The molecule has 0 spiro atoms. The second-order valence-corrected chi connectivity index (χ2v) is 13.2. The standard InChI is InChI=1S/C33H52N4O6/c1-23(31(34)41)19-29(39)27(20-24-13-7-5-8-14-24)35-33(43)26(17-11-12-18-37(2,3)4)21-30(40)28(22-38)36-32(42)25-15-9-6-10-16-25/h5,7-8,13-14,23,25-28,38H,6,9-12,15-22H2,1-4H3,(H3-,34,35,36,41,42,43)/p+1/t23-,26-,27+,28+/m1/s1. The van der Waals surface area contributed by atoms with Gasteiger partial charge in [0, 0.05) is 30.6 Å². The molecule has 4 atom stereocenters. The summed E-state index contributed by atoms with van der Waals surface area (Å²) < 4.78 is 0.765. The smallest absolute Gasteiger partial charge is 0.224 e. The number of rotatable bonds is 19. The van der Waals surface area contributed by atoms with Gasteiger partial charge >= 0.3 is 0 Å². The molecule has 0 radical (unpaired) electrons. The zero-order chi connectivity index (χ0) is 32.0. The molecule has 1 aromatic carbocycles. The van der Waals surface area contributed by atoms with E-state index in [4.69, 9.17) is 5.73 Å². The summed E-state index contributed by atoms with van der Waals surface area (Å²) in [6, 6.07) is 7.27. The zero-order valence-corrected chi connectivity index (χ0v) is 26.5. The van der Waals surface area contributed by atoms with E-state index in [0.29, 0.717) is 12.8 Å². The molecule has 10 heteroatoms. The first-order valence-corrected chi connectivity index (χ1v) is 15.7. The maximum atomic E-state index is 13.7. The molecule has 240 valence electrons. The lowest BCUT2D eigenvalue weighted by Gasteiger charge is -2.26. The maximum Gasteiger partial charge on any atom is 0.224 e. The first-order chi connectivity index (χ1) is 20.3. The molecule has 0 heterocycles. The number of amides is 3. The van der Waals surface area contributed by atoms with Crippen LogP contribution in [0, 0.1) is 17.8 Å². The zero-order valence-electron chi connectivity index (χ0n) is 26.5. The molecule has 1 aromatic rings. The third-order valence-corrected chi connectivity index (χ3v) is 8.29. The molecule has 5 N–H and O–H groups in total. The molecule has 43 heavy (non-hydrogen) atoms. The second kappa shape index (κ2) is 17.9. The van der Waals surface area contributed by atoms with Crippen molar-refractivity contribution in [1.82, 2.24) is 10.6 Å². The van der Waals surface area contributed by atoms with E-state index < -0.39 is 48.1 Å². The summed E-state index contributed by atoms with van der Waals surface area (Å²) in [5.74, 6) is -3.59. The molecule has 1 fully saturated rings. The van der Waals surface area contributed by atoms with Crippen LogP contribution in [0.3, 0.4) is 0 Å². The van der Waals surface area contributed by atoms with Gasteiger partial charge in [-0.05, 0) is 44.1 Å². The summed E-state index contributed by atoms with van der Waals surface area (Å²) in [5, 5.41) is 15.6. The molecule has 0 aliphatic heterocycles. The number of nitrogens with one attached hydrogen (secondary N) is 2. The van der Waals surface area contributed by atoms with Crippen LogP contribution in [-0.4, -0.2) is 85.3 Å². The van der Waals surface area contributed by atoms with Crippen LogP contribution >= 0.6 is 0 Å². The molecule has 1 aliphatic rings. The number of primary amides is 1. The van der Waals surface area contributed by atoms with Gasteiger partial charge in [0.2, 0.25) is 17.7 Å². The van der Waals surface area contributed by atoms with E-state index in [9.17, 15) is 29.1 Å². The predicted molar refractivity (Wildman–Crippen MR) is 166 cm³/mol. The minimum atomic E-state index is -1.09. The predicted octanol–water partition coefficient (Wildman–Crippen LogP) is 2.30. The van der Waals surface area contributed by atoms with Gasteiger partial charge in [-0.3, -0.25) is 24.0 Å². The Morgan fingerprint density at radius 1 is 0.907 bits per heavy atom. The van der Waals surface area contributed by atoms with Crippen LogP contribution in [0.4, 0.5) is 0 Å². The maximum absolute atomic E-state index is 13.7.